The molecule has 112 valence electrons. The maximum atomic E-state index is 14.0. The maximum Gasteiger partial charge on any atom is 0.203 e. The lowest BCUT2D eigenvalue weighted by atomic mass is 10.0. The number of fused-ring (bicyclic) bond motifs is 1. The highest BCUT2D eigenvalue weighted by atomic mass is 79.9. The summed E-state index contributed by atoms with van der Waals surface area (Å²) in [6, 6.07) is 9.79. The minimum atomic E-state index is -0.625. The van der Waals surface area contributed by atoms with Crippen LogP contribution >= 0.6 is 15.9 Å². The monoisotopic (exact) mass is 364 g/mol. The van der Waals surface area contributed by atoms with E-state index in [9.17, 15) is 13.6 Å². The Bertz CT molecular complexity index is 886. The molecule has 2 aromatic carbocycles. The Morgan fingerprint density at radius 2 is 1.77 bits per heavy atom. The fraction of sp³-hybridized carbons (Fsp3) is 0.118. The van der Waals surface area contributed by atoms with E-state index in [1.165, 1.54) is 36.4 Å². The van der Waals surface area contributed by atoms with Crippen LogP contribution in [0, 0.1) is 11.6 Å². The second-order valence-electron chi connectivity index (χ2n) is 4.79. The van der Waals surface area contributed by atoms with Gasteiger partial charge in [-0.1, -0.05) is 34.1 Å². The Labute approximate surface area is 133 Å². The van der Waals surface area contributed by atoms with Gasteiger partial charge in [0.25, 0.3) is 0 Å². The molecule has 3 aromatic rings. The molecule has 1 aromatic heterocycles. The van der Waals surface area contributed by atoms with Crippen molar-refractivity contribution in [2.75, 3.05) is 5.33 Å². The van der Waals surface area contributed by atoms with Crippen molar-refractivity contribution < 1.29 is 13.2 Å². The molecule has 0 N–H and O–H groups in total. The van der Waals surface area contributed by atoms with E-state index >= 15 is 0 Å². The van der Waals surface area contributed by atoms with Gasteiger partial charge in [0, 0.05) is 11.8 Å². The molecule has 0 aliphatic rings. The van der Waals surface area contributed by atoms with Gasteiger partial charge >= 0.3 is 0 Å². The molecular formula is C17H11BrF2O2. The summed E-state index contributed by atoms with van der Waals surface area (Å²) < 4.78 is 32.8. The van der Waals surface area contributed by atoms with E-state index in [1.807, 2.05) is 0 Å². The van der Waals surface area contributed by atoms with E-state index in [2.05, 4.69) is 15.9 Å². The summed E-state index contributed by atoms with van der Waals surface area (Å²) in [7, 11) is 0. The lowest BCUT2D eigenvalue weighted by Crippen LogP contribution is -2.11. The number of hydrogen-bond donors (Lipinski definition) is 0. The molecule has 0 bridgehead atoms. The number of rotatable bonds is 3. The van der Waals surface area contributed by atoms with Gasteiger partial charge in [-0.15, -0.1) is 0 Å². The zero-order valence-electron chi connectivity index (χ0n) is 11.4. The SMILES string of the molecule is O=c1c(-c2ccc(F)cc2)c(CCBr)oc2cccc(F)c12. The molecule has 0 fully saturated rings. The average molecular weight is 365 g/mol. The van der Waals surface area contributed by atoms with E-state index in [0.717, 1.165) is 0 Å². The summed E-state index contributed by atoms with van der Waals surface area (Å²) in [5.74, 6) is -0.575. The molecule has 2 nitrogen and oxygen atoms in total. The molecule has 3 rings (SSSR count). The third-order valence-electron chi connectivity index (χ3n) is 3.40. The van der Waals surface area contributed by atoms with Crippen molar-refractivity contribution in [2.45, 2.75) is 6.42 Å². The molecule has 5 heteroatoms. The first-order valence-electron chi connectivity index (χ1n) is 6.68. The Hall–Kier alpha value is -2.01. The van der Waals surface area contributed by atoms with Gasteiger partial charge in [0.1, 0.15) is 28.4 Å². The van der Waals surface area contributed by atoms with Crippen molar-refractivity contribution in [3.63, 3.8) is 0 Å². The fourth-order valence-corrected chi connectivity index (χ4v) is 2.78. The zero-order chi connectivity index (χ0) is 15.7. The predicted molar refractivity (Wildman–Crippen MR) is 85.3 cm³/mol. The third kappa shape index (κ3) is 2.57. The van der Waals surface area contributed by atoms with Gasteiger partial charge in [0.2, 0.25) is 5.43 Å². The molecule has 0 aliphatic heterocycles. The van der Waals surface area contributed by atoms with Gasteiger partial charge in [0.05, 0.1) is 5.56 Å². The molecule has 0 aliphatic carbocycles. The van der Waals surface area contributed by atoms with Crippen LogP contribution in [0.25, 0.3) is 22.1 Å². The first-order chi connectivity index (χ1) is 10.6. The molecule has 0 amide bonds. The molecule has 22 heavy (non-hydrogen) atoms. The van der Waals surface area contributed by atoms with Crippen molar-refractivity contribution in [3.8, 4) is 11.1 Å². The number of hydrogen-bond acceptors (Lipinski definition) is 2. The molecular weight excluding hydrogens is 354 g/mol. The lowest BCUT2D eigenvalue weighted by molar-refractivity contribution is 0.543. The van der Waals surface area contributed by atoms with Crippen molar-refractivity contribution in [2.24, 2.45) is 0 Å². The Morgan fingerprint density at radius 1 is 1.05 bits per heavy atom. The lowest BCUT2D eigenvalue weighted by Gasteiger charge is -2.09. The standard InChI is InChI=1S/C17H11BrF2O2/c18-9-8-14-15(10-4-6-11(19)7-5-10)17(21)16-12(20)2-1-3-13(16)22-14/h1-7H,8-9H2. The highest BCUT2D eigenvalue weighted by Gasteiger charge is 2.18. The van der Waals surface area contributed by atoms with Crippen LogP contribution in [-0.2, 0) is 6.42 Å². The van der Waals surface area contributed by atoms with Crippen LogP contribution in [0.5, 0.6) is 0 Å². The molecule has 0 atom stereocenters. The van der Waals surface area contributed by atoms with Crippen molar-refractivity contribution in [1.29, 1.82) is 0 Å². The normalized spacial score (nSPS) is 11.0. The van der Waals surface area contributed by atoms with Crippen LogP contribution < -0.4 is 5.43 Å². The van der Waals surface area contributed by atoms with E-state index in [0.29, 0.717) is 23.1 Å². The zero-order valence-corrected chi connectivity index (χ0v) is 13.0. The number of alkyl halides is 1. The smallest absolute Gasteiger partial charge is 0.203 e. The summed E-state index contributed by atoms with van der Waals surface area (Å²) in [4.78, 5) is 12.7. The fourth-order valence-electron chi connectivity index (χ4n) is 2.42. The second kappa shape index (κ2) is 6.01. The number of halogens is 3. The van der Waals surface area contributed by atoms with Crippen molar-refractivity contribution >= 4 is 26.9 Å². The van der Waals surface area contributed by atoms with E-state index in [1.54, 1.807) is 6.07 Å². The molecule has 0 saturated carbocycles. The predicted octanol–water partition coefficient (Wildman–Crippen LogP) is 4.68. The maximum absolute atomic E-state index is 14.0. The summed E-state index contributed by atoms with van der Waals surface area (Å²) in [6.45, 7) is 0. The van der Waals surface area contributed by atoms with E-state index in [4.69, 9.17) is 4.42 Å². The minimum absolute atomic E-state index is 0.0832. The first kappa shape index (κ1) is 14.9. The van der Waals surface area contributed by atoms with Gasteiger partial charge in [-0.05, 0) is 29.8 Å². The summed E-state index contributed by atoms with van der Waals surface area (Å²) >= 11 is 3.31. The second-order valence-corrected chi connectivity index (χ2v) is 5.58. The van der Waals surface area contributed by atoms with Crippen molar-refractivity contribution in [1.82, 2.24) is 0 Å². The van der Waals surface area contributed by atoms with Gasteiger partial charge in [-0.3, -0.25) is 4.79 Å². The molecule has 0 radical (unpaired) electrons. The van der Waals surface area contributed by atoms with Crippen LogP contribution in [0.3, 0.4) is 0 Å². The van der Waals surface area contributed by atoms with E-state index < -0.39 is 17.1 Å². The first-order valence-corrected chi connectivity index (χ1v) is 7.80. The molecule has 1 heterocycles. The van der Waals surface area contributed by atoms with Crippen LogP contribution in [0.1, 0.15) is 5.76 Å². The molecule has 0 spiro atoms. The number of aryl methyl sites for hydroxylation is 1. The van der Waals surface area contributed by atoms with Gasteiger partial charge < -0.3 is 4.42 Å². The minimum Gasteiger partial charge on any atom is -0.460 e. The Morgan fingerprint density at radius 3 is 2.45 bits per heavy atom. The largest absolute Gasteiger partial charge is 0.460 e. The highest BCUT2D eigenvalue weighted by Crippen LogP contribution is 2.26. The van der Waals surface area contributed by atoms with Gasteiger partial charge in [0.15, 0.2) is 0 Å². The summed E-state index contributed by atoms with van der Waals surface area (Å²) in [6.07, 6.45) is 0.467. The summed E-state index contributed by atoms with van der Waals surface area (Å²) in [5, 5.41) is 0.505. The molecule has 0 saturated heterocycles. The summed E-state index contributed by atoms with van der Waals surface area (Å²) in [5.41, 5.74) is 0.557. The average Bonchev–Trinajstić information content (AvgIpc) is 2.49. The van der Waals surface area contributed by atoms with Gasteiger partial charge in [-0.25, -0.2) is 8.78 Å². The number of benzene rings is 2. The highest BCUT2D eigenvalue weighted by molar-refractivity contribution is 9.09. The van der Waals surface area contributed by atoms with Crippen LogP contribution in [0.4, 0.5) is 8.78 Å². The van der Waals surface area contributed by atoms with Crippen LogP contribution in [0.2, 0.25) is 0 Å². The van der Waals surface area contributed by atoms with Crippen LogP contribution in [0.15, 0.2) is 51.7 Å². The molecule has 0 unspecified atom stereocenters. The van der Waals surface area contributed by atoms with E-state index in [-0.39, 0.29) is 16.5 Å². The topological polar surface area (TPSA) is 30.2 Å². The Kier molecular flexibility index (Phi) is 4.07. The van der Waals surface area contributed by atoms with Crippen LogP contribution in [-0.4, -0.2) is 5.33 Å². The Balaban J connectivity index is 2.38. The quantitative estimate of drug-likeness (QED) is 0.631. The third-order valence-corrected chi connectivity index (χ3v) is 3.79. The van der Waals surface area contributed by atoms with Gasteiger partial charge in [-0.2, -0.15) is 0 Å². The van der Waals surface area contributed by atoms with Crippen molar-refractivity contribution in [3.05, 3.63) is 70.1 Å².